The van der Waals surface area contributed by atoms with E-state index in [1.807, 2.05) is 49.3 Å². The van der Waals surface area contributed by atoms with Crippen LogP contribution in [0.1, 0.15) is 11.6 Å². The van der Waals surface area contributed by atoms with Crippen molar-refractivity contribution >= 4 is 28.5 Å². The van der Waals surface area contributed by atoms with Crippen LogP contribution in [-0.2, 0) is 4.79 Å². The first kappa shape index (κ1) is 12.1. The Morgan fingerprint density at radius 1 is 1.12 bits per heavy atom. The van der Waals surface area contributed by atoms with Gasteiger partial charge in [-0.2, -0.15) is 0 Å². The maximum Gasteiger partial charge on any atom is 0.207 e. The van der Waals surface area contributed by atoms with Crippen molar-refractivity contribution in [3.05, 3.63) is 48.0 Å². The Kier molecular flexibility index (Phi) is 3.50. The van der Waals surface area contributed by atoms with E-state index in [-0.39, 0.29) is 11.2 Å². The highest BCUT2D eigenvalue weighted by molar-refractivity contribution is 7.96. The minimum Gasteiger partial charge on any atom is -0.295 e. The van der Waals surface area contributed by atoms with E-state index in [0.29, 0.717) is 0 Å². The highest BCUT2D eigenvalue weighted by atomic mass is 32.1. The van der Waals surface area contributed by atoms with Gasteiger partial charge in [0.05, 0.1) is 0 Å². The number of thiol groups is 1. The van der Waals surface area contributed by atoms with E-state index >= 15 is 0 Å². The van der Waals surface area contributed by atoms with E-state index in [2.05, 4.69) is 24.8 Å². The topological polar surface area (TPSA) is 20.3 Å². The molecule has 0 aliphatic heterocycles. The number of likely N-dealkylation sites (N-methyl/N-ethyl adjacent to an activating group) is 1. The molecule has 0 fully saturated rings. The number of hydrogen-bond acceptors (Lipinski definition) is 2. The summed E-state index contributed by atoms with van der Waals surface area (Å²) in [5.74, 6) is 0. The Morgan fingerprint density at radius 3 is 2.41 bits per heavy atom. The van der Waals surface area contributed by atoms with Crippen LogP contribution in [0, 0.1) is 0 Å². The van der Waals surface area contributed by atoms with E-state index in [9.17, 15) is 4.79 Å². The molecular formula is C14H15NOS. The smallest absolute Gasteiger partial charge is 0.207 e. The van der Waals surface area contributed by atoms with Crippen LogP contribution >= 0.6 is 12.6 Å². The average molecular weight is 245 g/mol. The molecule has 0 radical (unpaired) electrons. The Bertz CT molecular complexity index is 545. The second kappa shape index (κ2) is 4.90. The van der Waals surface area contributed by atoms with Gasteiger partial charge in [-0.3, -0.25) is 9.69 Å². The summed E-state index contributed by atoms with van der Waals surface area (Å²) in [5, 5.41) is 2.12. The molecule has 2 aromatic carbocycles. The summed E-state index contributed by atoms with van der Waals surface area (Å²) in [4.78, 5) is 13.5. The summed E-state index contributed by atoms with van der Waals surface area (Å²) >= 11 is 3.99. The summed E-state index contributed by atoms with van der Waals surface area (Å²) in [6, 6.07) is 13.8. The monoisotopic (exact) mass is 245 g/mol. The van der Waals surface area contributed by atoms with Gasteiger partial charge < -0.3 is 0 Å². The highest BCUT2D eigenvalue weighted by Crippen LogP contribution is 2.28. The molecule has 0 aliphatic rings. The van der Waals surface area contributed by atoms with Crippen molar-refractivity contribution in [2.75, 3.05) is 14.1 Å². The fraction of sp³-hybridized carbons (Fsp3) is 0.214. The molecule has 1 atom stereocenters. The third kappa shape index (κ3) is 2.35. The molecule has 1 unspecified atom stereocenters. The van der Waals surface area contributed by atoms with E-state index in [0.717, 1.165) is 16.3 Å². The summed E-state index contributed by atoms with van der Waals surface area (Å²) in [6.45, 7) is 0. The lowest BCUT2D eigenvalue weighted by atomic mass is 9.99. The predicted molar refractivity (Wildman–Crippen MR) is 74.4 cm³/mol. The standard InChI is InChI=1S/C14H15NOS/c1-15(2)13(14(16)17)12-9-5-7-10-6-3-4-8-11(10)12/h3-9,13H,1-2H3,(H,16,17). The number of benzene rings is 2. The lowest BCUT2D eigenvalue weighted by Gasteiger charge is -2.22. The second-order valence-corrected chi connectivity index (χ2v) is 4.71. The Morgan fingerprint density at radius 2 is 1.76 bits per heavy atom. The molecule has 17 heavy (non-hydrogen) atoms. The van der Waals surface area contributed by atoms with Crippen LogP contribution in [-0.4, -0.2) is 24.1 Å². The van der Waals surface area contributed by atoms with Crippen molar-refractivity contribution in [1.29, 1.82) is 0 Å². The molecule has 0 saturated carbocycles. The number of fused-ring (bicyclic) bond motifs is 1. The third-order valence-corrected chi connectivity index (χ3v) is 3.11. The molecule has 0 aliphatic carbocycles. The van der Waals surface area contributed by atoms with E-state index < -0.39 is 0 Å². The number of carbonyl (C=O) groups is 1. The molecule has 88 valence electrons. The van der Waals surface area contributed by atoms with Gasteiger partial charge in [0.25, 0.3) is 0 Å². The number of nitrogens with zero attached hydrogens (tertiary/aromatic N) is 1. The number of carbonyl (C=O) groups excluding carboxylic acids is 1. The van der Waals surface area contributed by atoms with Crippen molar-refractivity contribution in [1.82, 2.24) is 4.90 Å². The normalized spacial score (nSPS) is 12.9. The molecule has 0 bridgehead atoms. The van der Waals surface area contributed by atoms with Gasteiger partial charge in [0.1, 0.15) is 6.04 Å². The van der Waals surface area contributed by atoms with Gasteiger partial charge in [0.15, 0.2) is 0 Å². The Balaban J connectivity index is 2.65. The summed E-state index contributed by atoms with van der Waals surface area (Å²) in [7, 11) is 3.78. The van der Waals surface area contributed by atoms with Crippen LogP contribution in [0.3, 0.4) is 0 Å². The van der Waals surface area contributed by atoms with Gasteiger partial charge in [-0.15, -0.1) is 12.6 Å². The zero-order valence-electron chi connectivity index (χ0n) is 9.92. The summed E-state index contributed by atoms with van der Waals surface area (Å²) < 4.78 is 0. The molecule has 0 aromatic heterocycles. The van der Waals surface area contributed by atoms with Crippen LogP contribution in [0.4, 0.5) is 0 Å². The van der Waals surface area contributed by atoms with Crippen LogP contribution < -0.4 is 0 Å². The number of hydrogen-bond donors (Lipinski definition) is 1. The SMILES string of the molecule is CN(C)C(C(=O)S)c1cccc2ccccc12. The molecule has 2 rings (SSSR count). The average Bonchev–Trinajstić information content (AvgIpc) is 2.28. The molecule has 0 amide bonds. The second-order valence-electron chi connectivity index (χ2n) is 4.27. The number of rotatable bonds is 3. The van der Waals surface area contributed by atoms with Gasteiger partial charge in [0, 0.05) is 0 Å². The lowest BCUT2D eigenvalue weighted by Crippen LogP contribution is -2.25. The molecule has 2 nitrogen and oxygen atoms in total. The van der Waals surface area contributed by atoms with Crippen molar-refractivity contribution in [2.24, 2.45) is 0 Å². The van der Waals surface area contributed by atoms with Gasteiger partial charge in [-0.1, -0.05) is 42.5 Å². The first-order chi connectivity index (χ1) is 8.11. The maximum absolute atomic E-state index is 11.7. The van der Waals surface area contributed by atoms with E-state index in [1.165, 1.54) is 0 Å². The van der Waals surface area contributed by atoms with Gasteiger partial charge in [0.2, 0.25) is 5.12 Å². The van der Waals surface area contributed by atoms with Gasteiger partial charge >= 0.3 is 0 Å². The molecule has 0 N–H and O–H groups in total. The maximum atomic E-state index is 11.7. The van der Waals surface area contributed by atoms with Crippen molar-refractivity contribution in [3.63, 3.8) is 0 Å². The highest BCUT2D eigenvalue weighted by Gasteiger charge is 2.21. The van der Waals surface area contributed by atoms with Crippen molar-refractivity contribution in [3.8, 4) is 0 Å². The molecule has 0 heterocycles. The molecule has 2 aromatic rings. The van der Waals surface area contributed by atoms with Crippen LogP contribution in [0.25, 0.3) is 10.8 Å². The zero-order chi connectivity index (χ0) is 12.4. The summed E-state index contributed by atoms with van der Waals surface area (Å²) in [5.41, 5.74) is 1.01. The zero-order valence-corrected chi connectivity index (χ0v) is 10.8. The summed E-state index contributed by atoms with van der Waals surface area (Å²) in [6.07, 6.45) is 0. The minimum atomic E-state index is -0.301. The fourth-order valence-corrected chi connectivity index (χ4v) is 2.49. The minimum absolute atomic E-state index is 0.133. The quantitative estimate of drug-likeness (QED) is 0.839. The Labute approximate surface area is 107 Å². The molecule has 0 saturated heterocycles. The van der Waals surface area contributed by atoms with Crippen molar-refractivity contribution in [2.45, 2.75) is 6.04 Å². The molecule has 0 spiro atoms. The lowest BCUT2D eigenvalue weighted by molar-refractivity contribution is -0.114. The van der Waals surface area contributed by atoms with E-state index in [4.69, 9.17) is 0 Å². The van der Waals surface area contributed by atoms with Crippen molar-refractivity contribution < 1.29 is 4.79 Å². The fourth-order valence-electron chi connectivity index (χ4n) is 2.12. The first-order valence-corrected chi connectivity index (χ1v) is 5.93. The van der Waals surface area contributed by atoms with E-state index in [1.54, 1.807) is 0 Å². The Hall–Kier alpha value is -1.32. The van der Waals surface area contributed by atoms with Crippen LogP contribution in [0.2, 0.25) is 0 Å². The molecule has 3 heteroatoms. The molecular weight excluding hydrogens is 230 g/mol. The van der Waals surface area contributed by atoms with Gasteiger partial charge in [-0.05, 0) is 30.4 Å². The third-order valence-electron chi connectivity index (χ3n) is 2.87. The largest absolute Gasteiger partial charge is 0.295 e. The van der Waals surface area contributed by atoms with Crippen LogP contribution in [0.15, 0.2) is 42.5 Å². The first-order valence-electron chi connectivity index (χ1n) is 5.48. The predicted octanol–water partition coefficient (Wildman–Crippen LogP) is 2.90. The van der Waals surface area contributed by atoms with Crippen LogP contribution in [0.5, 0.6) is 0 Å². The van der Waals surface area contributed by atoms with Gasteiger partial charge in [-0.25, -0.2) is 0 Å².